The minimum Gasteiger partial charge on any atom is -0.300 e. The first-order chi connectivity index (χ1) is 12.1. The van der Waals surface area contributed by atoms with Crippen LogP contribution < -0.4 is 0 Å². The highest BCUT2D eigenvalue weighted by atomic mass is 16.1. The van der Waals surface area contributed by atoms with Gasteiger partial charge in [-0.1, -0.05) is 20.8 Å². The first-order valence-corrected chi connectivity index (χ1v) is 10.2. The zero-order chi connectivity index (χ0) is 19.3. The molecule has 144 valence electrons. The third-order valence-corrected chi connectivity index (χ3v) is 8.26. The Labute approximate surface area is 156 Å². The molecule has 0 N–H and O–H groups in total. The molecule has 26 heavy (non-hydrogen) atoms. The van der Waals surface area contributed by atoms with E-state index in [1.54, 1.807) is 6.92 Å². The van der Waals surface area contributed by atoms with Gasteiger partial charge in [0.1, 0.15) is 23.1 Å². The second kappa shape index (κ2) is 6.69. The second-order valence-corrected chi connectivity index (χ2v) is 9.51. The Morgan fingerprint density at radius 3 is 2.38 bits per heavy atom. The maximum absolute atomic E-state index is 12.8. The van der Waals surface area contributed by atoms with Crippen molar-refractivity contribution < 1.29 is 19.2 Å². The molecule has 6 atom stereocenters. The van der Waals surface area contributed by atoms with E-state index in [0.29, 0.717) is 50.1 Å². The Hall–Kier alpha value is -1.32. The van der Waals surface area contributed by atoms with Gasteiger partial charge in [0.2, 0.25) is 0 Å². The molecule has 3 fully saturated rings. The fourth-order valence-electron chi connectivity index (χ4n) is 6.43. The molecule has 0 aromatic carbocycles. The van der Waals surface area contributed by atoms with Crippen LogP contribution in [0.2, 0.25) is 0 Å². The Morgan fingerprint density at radius 1 is 1.04 bits per heavy atom. The van der Waals surface area contributed by atoms with Crippen LogP contribution in [0.15, 0.2) is 0 Å². The summed E-state index contributed by atoms with van der Waals surface area (Å²) in [7, 11) is 0. The monoisotopic (exact) mass is 360 g/mol. The van der Waals surface area contributed by atoms with Crippen molar-refractivity contribution in [1.29, 1.82) is 0 Å². The minimum absolute atomic E-state index is 0.0259. The van der Waals surface area contributed by atoms with Gasteiger partial charge in [-0.15, -0.1) is 0 Å². The average molecular weight is 360 g/mol. The predicted octanol–water partition coefficient (Wildman–Crippen LogP) is 3.94. The van der Waals surface area contributed by atoms with Gasteiger partial charge in [0.05, 0.1) is 0 Å². The lowest BCUT2D eigenvalue weighted by atomic mass is 9.51. The van der Waals surface area contributed by atoms with Gasteiger partial charge in [-0.3, -0.25) is 19.2 Å². The fraction of sp³-hybridized carbons (Fsp3) is 0.818. The summed E-state index contributed by atoms with van der Waals surface area (Å²) in [5.41, 5.74) is -0.766. The van der Waals surface area contributed by atoms with E-state index in [4.69, 9.17) is 0 Å². The van der Waals surface area contributed by atoms with Gasteiger partial charge in [-0.2, -0.15) is 0 Å². The van der Waals surface area contributed by atoms with E-state index < -0.39 is 5.41 Å². The Morgan fingerprint density at radius 2 is 1.73 bits per heavy atom. The highest BCUT2D eigenvalue weighted by Crippen LogP contribution is 2.56. The summed E-state index contributed by atoms with van der Waals surface area (Å²) in [6.07, 6.45) is 5.09. The van der Waals surface area contributed by atoms with E-state index in [-0.39, 0.29) is 40.7 Å². The Kier molecular flexibility index (Phi) is 5.00. The Bertz CT molecular complexity index is 651. The number of fused-ring (bicyclic) bond motifs is 1. The maximum Gasteiger partial charge on any atom is 0.139 e. The molecule has 0 aromatic rings. The molecule has 3 rings (SSSR count). The SMILES string of the molecule is CC(=O)[C@H]1CCC(=O)[C@]1(C)CC[C@H]1C(=O)CC[C@H]2[C@H](C)C(=O)CC[C@]12C. The van der Waals surface area contributed by atoms with E-state index in [1.807, 2.05) is 13.8 Å². The van der Waals surface area contributed by atoms with Crippen LogP contribution >= 0.6 is 0 Å². The summed E-state index contributed by atoms with van der Waals surface area (Å²) >= 11 is 0. The van der Waals surface area contributed by atoms with E-state index in [1.165, 1.54) is 0 Å². The molecule has 0 saturated heterocycles. The molecule has 4 heteroatoms. The Balaban J connectivity index is 1.81. The van der Waals surface area contributed by atoms with Gasteiger partial charge in [0.25, 0.3) is 0 Å². The second-order valence-electron chi connectivity index (χ2n) is 9.51. The number of carbonyl (C=O) groups excluding carboxylic acids is 4. The lowest BCUT2D eigenvalue weighted by Gasteiger charge is -2.52. The minimum atomic E-state index is -0.620. The lowest BCUT2D eigenvalue weighted by Crippen LogP contribution is -2.51. The topological polar surface area (TPSA) is 68.3 Å². The van der Waals surface area contributed by atoms with E-state index in [9.17, 15) is 19.2 Å². The maximum atomic E-state index is 12.8. The molecule has 0 bridgehead atoms. The normalized spacial score (nSPS) is 43.5. The van der Waals surface area contributed by atoms with E-state index in [2.05, 4.69) is 6.92 Å². The summed E-state index contributed by atoms with van der Waals surface area (Å²) < 4.78 is 0. The van der Waals surface area contributed by atoms with Crippen LogP contribution in [-0.4, -0.2) is 23.1 Å². The third kappa shape index (κ3) is 2.90. The molecule has 3 aliphatic rings. The first kappa shape index (κ1) is 19.4. The van der Waals surface area contributed by atoms with Gasteiger partial charge in [-0.05, 0) is 50.4 Å². The van der Waals surface area contributed by atoms with Gasteiger partial charge >= 0.3 is 0 Å². The van der Waals surface area contributed by atoms with Crippen molar-refractivity contribution in [3.8, 4) is 0 Å². The standard InChI is InChI=1S/C22H32O4/c1-13-15-5-7-19(25)17(21(15,3)12-10-18(13)24)9-11-22(4)16(14(2)23)6-8-20(22)26/h13,15-17H,5-12H2,1-4H3/t13-,15-,16+,17-,21-,22+/m0/s1. The molecular weight excluding hydrogens is 328 g/mol. The van der Waals surface area contributed by atoms with Crippen LogP contribution in [0.25, 0.3) is 0 Å². The van der Waals surface area contributed by atoms with Crippen LogP contribution in [0.1, 0.15) is 79.1 Å². The van der Waals surface area contributed by atoms with Gasteiger partial charge in [-0.25, -0.2) is 0 Å². The van der Waals surface area contributed by atoms with Crippen molar-refractivity contribution in [3.63, 3.8) is 0 Å². The number of Topliss-reactive ketones (excluding diaryl/α,β-unsaturated/α-hetero) is 4. The van der Waals surface area contributed by atoms with Crippen LogP contribution in [0.5, 0.6) is 0 Å². The molecule has 0 spiro atoms. The van der Waals surface area contributed by atoms with Gasteiger partial charge in [0, 0.05) is 42.4 Å². The van der Waals surface area contributed by atoms with Crippen molar-refractivity contribution in [2.24, 2.45) is 34.5 Å². The highest BCUT2D eigenvalue weighted by molar-refractivity contribution is 5.95. The van der Waals surface area contributed by atoms with Crippen LogP contribution in [0.3, 0.4) is 0 Å². The average Bonchev–Trinajstić information content (AvgIpc) is 2.86. The summed E-state index contributed by atoms with van der Waals surface area (Å²) in [5, 5.41) is 0. The molecule has 0 aliphatic heterocycles. The summed E-state index contributed by atoms with van der Waals surface area (Å²) in [6, 6.07) is 0. The number of hydrogen-bond acceptors (Lipinski definition) is 4. The molecule has 4 nitrogen and oxygen atoms in total. The number of hydrogen-bond donors (Lipinski definition) is 0. The summed E-state index contributed by atoms with van der Waals surface area (Å²) in [6.45, 7) is 7.71. The predicted molar refractivity (Wildman–Crippen MR) is 98.5 cm³/mol. The molecule has 0 aromatic heterocycles. The van der Waals surface area contributed by atoms with Crippen molar-refractivity contribution in [2.75, 3.05) is 0 Å². The van der Waals surface area contributed by atoms with Crippen molar-refractivity contribution >= 4 is 23.1 Å². The molecule has 0 heterocycles. The molecule has 3 saturated carbocycles. The quantitative estimate of drug-likeness (QED) is 0.761. The smallest absolute Gasteiger partial charge is 0.139 e. The third-order valence-electron chi connectivity index (χ3n) is 8.26. The van der Waals surface area contributed by atoms with Crippen LogP contribution in [0, 0.1) is 34.5 Å². The highest BCUT2D eigenvalue weighted by Gasteiger charge is 2.54. The van der Waals surface area contributed by atoms with Gasteiger partial charge < -0.3 is 0 Å². The number of rotatable bonds is 4. The zero-order valence-corrected chi connectivity index (χ0v) is 16.6. The number of carbonyl (C=O) groups is 4. The van der Waals surface area contributed by atoms with Crippen molar-refractivity contribution in [3.05, 3.63) is 0 Å². The molecule has 0 amide bonds. The molecule has 3 aliphatic carbocycles. The van der Waals surface area contributed by atoms with E-state index >= 15 is 0 Å². The van der Waals surface area contributed by atoms with Crippen LogP contribution in [-0.2, 0) is 19.2 Å². The molecular formula is C22H32O4. The van der Waals surface area contributed by atoms with Crippen molar-refractivity contribution in [1.82, 2.24) is 0 Å². The molecule has 0 unspecified atom stereocenters. The zero-order valence-electron chi connectivity index (χ0n) is 16.6. The lowest BCUT2D eigenvalue weighted by molar-refractivity contribution is -0.148. The largest absolute Gasteiger partial charge is 0.300 e. The van der Waals surface area contributed by atoms with E-state index in [0.717, 1.165) is 12.8 Å². The first-order valence-electron chi connectivity index (χ1n) is 10.2. The number of ketones is 4. The fourth-order valence-corrected chi connectivity index (χ4v) is 6.43. The van der Waals surface area contributed by atoms with Crippen molar-refractivity contribution in [2.45, 2.75) is 79.1 Å². The summed E-state index contributed by atoms with van der Waals surface area (Å²) in [5.74, 6) is 0.886. The summed E-state index contributed by atoms with van der Waals surface area (Å²) in [4.78, 5) is 49.6. The van der Waals surface area contributed by atoms with Crippen LogP contribution in [0.4, 0.5) is 0 Å². The molecule has 0 radical (unpaired) electrons. The van der Waals surface area contributed by atoms with Gasteiger partial charge in [0.15, 0.2) is 0 Å².